The first-order chi connectivity index (χ1) is 12.4. The highest BCUT2D eigenvalue weighted by molar-refractivity contribution is 7.10. The number of nitrogens with zero attached hydrogens (tertiary/aromatic N) is 2. The van der Waals surface area contributed by atoms with Crippen LogP contribution in [0.1, 0.15) is 5.56 Å². The summed E-state index contributed by atoms with van der Waals surface area (Å²) in [6.07, 6.45) is -4.03. The molecule has 0 radical (unpaired) electrons. The van der Waals surface area contributed by atoms with Crippen molar-refractivity contribution in [2.45, 2.75) is 19.3 Å². The summed E-state index contributed by atoms with van der Waals surface area (Å²) in [7, 11) is 0. The number of hydrogen-bond acceptors (Lipinski definition) is 5. The molecule has 0 amide bonds. The molecule has 0 aliphatic heterocycles. The molecule has 1 aromatic heterocycles. The van der Waals surface area contributed by atoms with E-state index in [0.717, 1.165) is 17.1 Å². The molecule has 0 spiro atoms. The Morgan fingerprint density at radius 3 is 2.42 bits per heavy atom. The summed E-state index contributed by atoms with van der Waals surface area (Å²) in [5.74, 6) is -0.315. The summed E-state index contributed by atoms with van der Waals surface area (Å²) in [6.45, 7) is 0.501. The van der Waals surface area contributed by atoms with Crippen molar-refractivity contribution in [2.24, 2.45) is 0 Å². The lowest BCUT2D eigenvalue weighted by Crippen LogP contribution is -2.17. The minimum Gasteiger partial charge on any atom is -0.406 e. The topological polar surface area (TPSA) is 56.1 Å². The van der Waals surface area contributed by atoms with E-state index < -0.39 is 6.36 Å². The van der Waals surface area contributed by atoms with Gasteiger partial charge in [0.2, 0.25) is 5.13 Å². The molecule has 9 heteroatoms. The van der Waals surface area contributed by atoms with Crippen molar-refractivity contribution in [3.05, 3.63) is 70.6 Å². The number of alkyl halides is 3. The zero-order valence-electron chi connectivity index (χ0n) is 13.4. The normalized spacial score (nSPS) is 11.3. The van der Waals surface area contributed by atoms with E-state index in [9.17, 15) is 18.0 Å². The molecule has 0 saturated heterocycles. The average Bonchev–Trinajstić information content (AvgIpc) is 2.94. The fraction of sp³-hybridized carbons (Fsp3) is 0.176. The summed E-state index contributed by atoms with van der Waals surface area (Å²) in [6, 6.07) is 15.0. The summed E-state index contributed by atoms with van der Waals surface area (Å²) in [5, 5.41) is 3.27. The number of anilines is 2. The molecule has 0 bridgehead atoms. The molecule has 0 unspecified atom stereocenters. The molecule has 26 heavy (non-hydrogen) atoms. The van der Waals surface area contributed by atoms with Crippen LogP contribution in [0.2, 0.25) is 0 Å². The van der Waals surface area contributed by atoms with Crippen molar-refractivity contribution in [3.63, 3.8) is 0 Å². The largest absolute Gasteiger partial charge is 0.573 e. The van der Waals surface area contributed by atoms with Crippen LogP contribution in [0.3, 0.4) is 0 Å². The van der Waals surface area contributed by atoms with Gasteiger partial charge in [0.15, 0.2) is 0 Å². The van der Waals surface area contributed by atoms with Crippen LogP contribution in [-0.2, 0) is 13.0 Å². The average molecular weight is 381 g/mol. The molecule has 1 heterocycles. The Labute approximate surface area is 150 Å². The van der Waals surface area contributed by atoms with E-state index in [1.807, 2.05) is 30.3 Å². The first-order valence-electron chi connectivity index (χ1n) is 7.64. The van der Waals surface area contributed by atoms with Crippen molar-refractivity contribution in [2.75, 3.05) is 5.32 Å². The molecule has 0 fully saturated rings. The number of ether oxygens (including phenoxy) is 1. The van der Waals surface area contributed by atoms with Crippen LogP contribution in [0.5, 0.6) is 5.75 Å². The quantitative estimate of drug-likeness (QED) is 0.696. The van der Waals surface area contributed by atoms with Gasteiger partial charge in [-0.3, -0.25) is 0 Å². The third kappa shape index (κ3) is 5.09. The van der Waals surface area contributed by atoms with Crippen LogP contribution < -0.4 is 15.7 Å². The van der Waals surface area contributed by atoms with Crippen molar-refractivity contribution < 1.29 is 17.9 Å². The van der Waals surface area contributed by atoms with Gasteiger partial charge in [0.1, 0.15) is 5.75 Å². The minimum atomic E-state index is -4.73. The minimum absolute atomic E-state index is 0.315. The molecule has 1 N–H and O–H groups in total. The van der Waals surface area contributed by atoms with Crippen LogP contribution in [0.4, 0.5) is 24.0 Å². The maximum Gasteiger partial charge on any atom is 0.573 e. The Kier molecular flexibility index (Phi) is 5.27. The smallest absolute Gasteiger partial charge is 0.406 e. The van der Waals surface area contributed by atoms with Crippen molar-refractivity contribution in [3.8, 4) is 5.75 Å². The number of rotatable bonds is 6. The zero-order chi connectivity index (χ0) is 18.6. The van der Waals surface area contributed by atoms with Crippen LogP contribution in [0.25, 0.3) is 0 Å². The summed E-state index contributed by atoms with van der Waals surface area (Å²) >= 11 is 1.16. The highest BCUT2D eigenvalue weighted by atomic mass is 32.1. The van der Waals surface area contributed by atoms with Crippen LogP contribution in [0.15, 0.2) is 59.4 Å². The van der Waals surface area contributed by atoms with Gasteiger partial charge in [0.25, 0.3) is 0 Å². The van der Waals surface area contributed by atoms with Gasteiger partial charge in [0.05, 0.1) is 0 Å². The number of aromatic nitrogens is 2. The second-order valence-electron chi connectivity index (χ2n) is 5.33. The lowest BCUT2D eigenvalue weighted by atomic mass is 10.2. The summed E-state index contributed by atoms with van der Waals surface area (Å²) < 4.78 is 41.8. The number of halogens is 3. The Morgan fingerprint density at radius 2 is 1.77 bits per heavy atom. The molecule has 0 saturated carbocycles. The number of hydrogen-bond donors (Lipinski definition) is 1. The Balaban J connectivity index is 1.63. The Bertz CT molecular complexity index is 905. The monoisotopic (exact) mass is 381 g/mol. The van der Waals surface area contributed by atoms with Crippen molar-refractivity contribution >= 4 is 22.4 Å². The van der Waals surface area contributed by atoms with E-state index in [2.05, 4.69) is 15.0 Å². The van der Waals surface area contributed by atoms with Gasteiger partial charge in [0, 0.05) is 12.2 Å². The standard InChI is InChI=1S/C17H14F3N3O2S/c18-17(19,20)25-14-8-6-13(7-9-14)21-15-22-16(24)23(26-15)11-10-12-4-2-1-3-5-12/h1-9H,10-11H2,(H,21,22,24). The SMILES string of the molecule is O=c1nc(Nc2ccc(OC(F)(F)F)cc2)sn1CCc1ccccc1. The molecule has 5 nitrogen and oxygen atoms in total. The van der Waals surface area contributed by atoms with Gasteiger partial charge in [-0.25, -0.2) is 8.75 Å². The molecule has 0 aliphatic rings. The van der Waals surface area contributed by atoms with Gasteiger partial charge in [-0.15, -0.1) is 13.2 Å². The van der Waals surface area contributed by atoms with Crippen LogP contribution >= 0.6 is 11.5 Å². The molecular formula is C17H14F3N3O2S. The number of aryl methyl sites for hydroxylation is 2. The lowest BCUT2D eigenvalue weighted by Gasteiger charge is -2.09. The zero-order valence-corrected chi connectivity index (χ0v) is 14.2. The summed E-state index contributed by atoms with van der Waals surface area (Å²) in [4.78, 5) is 15.8. The van der Waals surface area contributed by atoms with Gasteiger partial charge in [-0.05, 0) is 47.8 Å². The van der Waals surface area contributed by atoms with Crippen LogP contribution in [0, 0.1) is 0 Å². The fourth-order valence-electron chi connectivity index (χ4n) is 2.24. The third-order valence-corrected chi connectivity index (χ3v) is 4.32. The Morgan fingerprint density at radius 1 is 1.08 bits per heavy atom. The van der Waals surface area contributed by atoms with Crippen LogP contribution in [-0.4, -0.2) is 15.3 Å². The van der Waals surface area contributed by atoms with Gasteiger partial charge in [-0.1, -0.05) is 30.3 Å². The maximum absolute atomic E-state index is 12.1. The highest BCUT2D eigenvalue weighted by Crippen LogP contribution is 2.25. The molecular weight excluding hydrogens is 367 g/mol. The number of nitrogens with one attached hydrogen (secondary N) is 1. The summed E-state index contributed by atoms with van der Waals surface area (Å²) in [5.41, 5.74) is 1.25. The van der Waals surface area contributed by atoms with Gasteiger partial charge >= 0.3 is 12.1 Å². The van der Waals surface area contributed by atoms with E-state index >= 15 is 0 Å². The van der Waals surface area contributed by atoms with Gasteiger partial charge in [-0.2, -0.15) is 4.98 Å². The maximum atomic E-state index is 12.1. The second-order valence-corrected chi connectivity index (χ2v) is 6.34. The lowest BCUT2D eigenvalue weighted by molar-refractivity contribution is -0.274. The van der Waals surface area contributed by atoms with E-state index in [-0.39, 0.29) is 11.4 Å². The molecule has 3 aromatic rings. The fourth-order valence-corrected chi connectivity index (χ4v) is 3.03. The first-order valence-corrected chi connectivity index (χ1v) is 8.41. The second kappa shape index (κ2) is 7.61. The third-order valence-electron chi connectivity index (χ3n) is 3.39. The molecule has 2 aromatic carbocycles. The predicted octanol–water partition coefficient (Wildman–Crippen LogP) is 4.19. The van der Waals surface area contributed by atoms with E-state index in [4.69, 9.17) is 0 Å². The molecule has 0 atom stereocenters. The van der Waals surface area contributed by atoms with Crippen molar-refractivity contribution in [1.29, 1.82) is 0 Å². The molecule has 0 aliphatic carbocycles. The van der Waals surface area contributed by atoms with E-state index in [1.165, 1.54) is 28.2 Å². The van der Waals surface area contributed by atoms with E-state index in [0.29, 0.717) is 23.8 Å². The van der Waals surface area contributed by atoms with E-state index in [1.54, 1.807) is 0 Å². The van der Waals surface area contributed by atoms with Gasteiger partial charge < -0.3 is 10.1 Å². The van der Waals surface area contributed by atoms with Crippen molar-refractivity contribution in [1.82, 2.24) is 8.94 Å². The first kappa shape index (κ1) is 18.0. The highest BCUT2D eigenvalue weighted by Gasteiger charge is 2.30. The number of benzene rings is 2. The Hall–Kier alpha value is -2.81. The molecule has 136 valence electrons. The predicted molar refractivity (Wildman–Crippen MR) is 92.9 cm³/mol. The molecule has 3 rings (SSSR count).